The smallest absolute Gasteiger partial charge is 0.314 e. The van der Waals surface area contributed by atoms with E-state index in [9.17, 15) is 9.90 Å². The zero-order valence-electron chi connectivity index (χ0n) is 10.2. The number of carbonyl (C=O) groups is 1. The number of nitrogen functional groups attached to an aromatic ring is 1. The fourth-order valence-corrected chi connectivity index (χ4v) is 1.81. The summed E-state index contributed by atoms with van der Waals surface area (Å²) in [5.74, 6) is -0.853. The predicted octanol–water partition coefficient (Wildman–Crippen LogP) is 2.58. The van der Waals surface area contributed by atoms with Crippen molar-refractivity contribution in [1.29, 1.82) is 0 Å². The molecule has 0 bridgehead atoms. The summed E-state index contributed by atoms with van der Waals surface area (Å²) < 4.78 is 0. The molecular formula is C13H19NO2. The molecule has 0 saturated carbocycles. The van der Waals surface area contributed by atoms with Gasteiger partial charge in [0.2, 0.25) is 0 Å². The number of nitrogens with two attached hydrogens (primary N) is 1. The monoisotopic (exact) mass is 221 g/mol. The molecule has 1 unspecified atom stereocenters. The summed E-state index contributed by atoms with van der Waals surface area (Å²) in [6.07, 6.45) is 0. The van der Waals surface area contributed by atoms with Gasteiger partial charge in [-0.25, -0.2) is 0 Å². The van der Waals surface area contributed by atoms with E-state index >= 15 is 0 Å². The average Bonchev–Trinajstić information content (AvgIpc) is 2.20. The Morgan fingerprint density at radius 2 is 2.00 bits per heavy atom. The fraction of sp³-hybridized carbons (Fsp3) is 0.462. The van der Waals surface area contributed by atoms with Gasteiger partial charge in [-0.3, -0.25) is 4.79 Å². The number of aryl methyl sites for hydroxylation is 1. The SMILES string of the molecule is Cc1cccc(C(C)(C(=O)O)C(C)C)c1N. The van der Waals surface area contributed by atoms with Crippen molar-refractivity contribution in [3.8, 4) is 0 Å². The van der Waals surface area contributed by atoms with Gasteiger partial charge >= 0.3 is 5.97 Å². The number of carboxylic acid groups (broad SMARTS) is 1. The standard InChI is InChI=1S/C13H19NO2/c1-8(2)13(4,12(15)16)10-7-5-6-9(3)11(10)14/h5-8H,14H2,1-4H3,(H,15,16). The number of aliphatic carboxylic acids is 1. The molecule has 0 amide bonds. The molecule has 0 aliphatic carbocycles. The summed E-state index contributed by atoms with van der Waals surface area (Å²) in [5.41, 5.74) is 7.26. The molecule has 1 rings (SSSR count). The lowest BCUT2D eigenvalue weighted by Crippen LogP contribution is -2.38. The molecule has 0 aliphatic heterocycles. The van der Waals surface area contributed by atoms with E-state index in [1.807, 2.05) is 32.9 Å². The zero-order valence-corrected chi connectivity index (χ0v) is 10.2. The molecule has 0 aromatic heterocycles. The molecule has 0 spiro atoms. The van der Waals surface area contributed by atoms with Crippen LogP contribution in [0.15, 0.2) is 18.2 Å². The van der Waals surface area contributed by atoms with Crippen LogP contribution in [0.25, 0.3) is 0 Å². The van der Waals surface area contributed by atoms with Crippen molar-refractivity contribution < 1.29 is 9.90 Å². The second-order valence-electron chi connectivity index (χ2n) is 4.70. The third-order valence-electron chi connectivity index (χ3n) is 3.48. The van der Waals surface area contributed by atoms with E-state index in [1.54, 1.807) is 13.0 Å². The average molecular weight is 221 g/mol. The third kappa shape index (κ3) is 1.77. The number of carboxylic acids is 1. The predicted molar refractivity (Wildman–Crippen MR) is 65.4 cm³/mol. The number of hydrogen-bond donors (Lipinski definition) is 2. The molecule has 1 aromatic carbocycles. The molecule has 1 atom stereocenters. The Hall–Kier alpha value is -1.51. The van der Waals surface area contributed by atoms with Crippen LogP contribution in [0, 0.1) is 12.8 Å². The van der Waals surface area contributed by atoms with Crippen molar-refractivity contribution in [1.82, 2.24) is 0 Å². The Kier molecular flexibility index (Phi) is 3.27. The normalized spacial score (nSPS) is 14.8. The highest BCUT2D eigenvalue weighted by Crippen LogP contribution is 2.36. The van der Waals surface area contributed by atoms with Crippen molar-refractivity contribution >= 4 is 11.7 Å². The highest BCUT2D eigenvalue weighted by Gasteiger charge is 2.40. The van der Waals surface area contributed by atoms with Crippen LogP contribution in [0.2, 0.25) is 0 Å². The molecule has 3 heteroatoms. The zero-order chi connectivity index (χ0) is 12.5. The van der Waals surface area contributed by atoms with Gasteiger partial charge in [0.25, 0.3) is 0 Å². The Labute approximate surface area is 96.3 Å². The minimum atomic E-state index is -0.934. The molecule has 0 radical (unpaired) electrons. The summed E-state index contributed by atoms with van der Waals surface area (Å²) in [5, 5.41) is 9.42. The number of para-hydroxylation sites is 1. The van der Waals surface area contributed by atoms with E-state index in [0.29, 0.717) is 11.3 Å². The largest absolute Gasteiger partial charge is 0.481 e. The second-order valence-corrected chi connectivity index (χ2v) is 4.70. The van der Waals surface area contributed by atoms with Crippen LogP contribution in [0.4, 0.5) is 5.69 Å². The van der Waals surface area contributed by atoms with Gasteiger partial charge < -0.3 is 10.8 Å². The first-order valence-corrected chi connectivity index (χ1v) is 5.40. The first-order valence-electron chi connectivity index (χ1n) is 5.40. The fourth-order valence-electron chi connectivity index (χ4n) is 1.81. The topological polar surface area (TPSA) is 63.3 Å². The van der Waals surface area contributed by atoms with Crippen LogP contribution in [0.3, 0.4) is 0 Å². The van der Waals surface area contributed by atoms with E-state index in [1.165, 1.54) is 0 Å². The van der Waals surface area contributed by atoms with Gasteiger partial charge in [0.05, 0.1) is 5.41 Å². The number of rotatable bonds is 3. The molecule has 3 N–H and O–H groups in total. The lowest BCUT2D eigenvalue weighted by atomic mass is 9.72. The summed E-state index contributed by atoms with van der Waals surface area (Å²) in [6.45, 7) is 7.42. The molecule has 0 saturated heterocycles. The summed E-state index contributed by atoms with van der Waals surface area (Å²) in [4.78, 5) is 11.5. The van der Waals surface area contributed by atoms with Crippen molar-refractivity contribution in [2.45, 2.75) is 33.1 Å². The molecule has 3 nitrogen and oxygen atoms in total. The number of anilines is 1. The van der Waals surface area contributed by atoms with Crippen molar-refractivity contribution in [2.75, 3.05) is 5.73 Å². The lowest BCUT2D eigenvalue weighted by Gasteiger charge is -2.31. The maximum Gasteiger partial charge on any atom is 0.314 e. The van der Waals surface area contributed by atoms with Crippen molar-refractivity contribution in [3.05, 3.63) is 29.3 Å². The van der Waals surface area contributed by atoms with E-state index in [0.717, 1.165) is 5.56 Å². The van der Waals surface area contributed by atoms with Crippen molar-refractivity contribution in [2.24, 2.45) is 5.92 Å². The second kappa shape index (κ2) is 4.16. The minimum absolute atomic E-state index is 0.0194. The van der Waals surface area contributed by atoms with Crippen LogP contribution in [-0.2, 0) is 10.2 Å². The maximum atomic E-state index is 11.5. The highest BCUT2D eigenvalue weighted by molar-refractivity contribution is 5.84. The summed E-state index contributed by atoms with van der Waals surface area (Å²) >= 11 is 0. The molecule has 88 valence electrons. The first kappa shape index (κ1) is 12.6. The molecular weight excluding hydrogens is 202 g/mol. The number of hydrogen-bond acceptors (Lipinski definition) is 2. The van der Waals surface area contributed by atoms with E-state index in [-0.39, 0.29) is 5.92 Å². The minimum Gasteiger partial charge on any atom is -0.481 e. The van der Waals surface area contributed by atoms with Crippen molar-refractivity contribution in [3.63, 3.8) is 0 Å². The Balaban J connectivity index is 3.44. The Bertz CT molecular complexity index is 412. The molecule has 0 heterocycles. The van der Waals surface area contributed by atoms with Crippen LogP contribution < -0.4 is 5.73 Å². The van der Waals surface area contributed by atoms with Gasteiger partial charge in [0, 0.05) is 5.69 Å². The summed E-state index contributed by atoms with van der Waals surface area (Å²) in [7, 11) is 0. The number of benzene rings is 1. The van der Waals surface area contributed by atoms with Crippen LogP contribution >= 0.6 is 0 Å². The van der Waals surface area contributed by atoms with E-state index in [4.69, 9.17) is 5.73 Å². The van der Waals surface area contributed by atoms with E-state index in [2.05, 4.69) is 0 Å². The van der Waals surface area contributed by atoms with Gasteiger partial charge in [0.1, 0.15) is 0 Å². The lowest BCUT2D eigenvalue weighted by molar-refractivity contribution is -0.144. The van der Waals surface area contributed by atoms with Gasteiger partial charge in [-0.2, -0.15) is 0 Å². The molecule has 16 heavy (non-hydrogen) atoms. The van der Waals surface area contributed by atoms with Gasteiger partial charge in [-0.1, -0.05) is 32.0 Å². The molecule has 0 aliphatic rings. The van der Waals surface area contributed by atoms with E-state index < -0.39 is 11.4 Å². The maximum absolute atomic E-state index is 11.5. The van der Waals surface area contributed by atoms with Gasteiger partial charge in [0.15, 0.2) is 0 Å². The molecule has 1 aromatic rings. The summed E-state index contributed by atoms with van der Waals surface area (Å²) in [6, 6.07) is 5.54. The quantitative estimate of drug-likeness (QED) is 0.771. The molecule has 0 fully saturated rings. The third-order valence-corrected chi connectivity index (χ3v) is 3.48. The van der Waals surface area contributed by atoms with Gasteiger partial charge in [-0.15, -0.1) is 0 Å². The van der Waals surface area contributed by atoms with Crippen LogP contribution in [0.5, 0.6) is 0 Å². The van der Waals surface area contributed by atoms with Gasteiger partial charge in [-0.05, 0) is 30.9 Å². The Morgan fingerprint density at radius 3 is 2.44 bits per heavy atom. The van der Waals surface area contributed by atoms with Crippen LogP contribution in [0.1, 0.15) is 31.9 Å². The highest BCUT2D eigenvalue weighted by atomic mass is 16.4. The first-order chi connectivity index (χ1) is 7.31. The van der Waals surface area contributed by atoms with Crippen LogP contribution in [-0.4, -0.2) is 11.1 Å². The Morgan fingerprint density at radius 1 is 1.44 bits per heavy atom.